The highest BCUT2D eigenvalue weighted by atomic mass is 32.2. The predicted octanol–water partition coefficient (Wildman–Crippen LogP) is 3.12. The molecule has 2 rings (SSSR count). The summed E-state index contributed by atoms with van der Waals surface area (Å²) in [6, 6.07) is 8.85. The van der Waals surface area contributed by atoms with Crippen LogP contribution in [0.2, 0.25) is 0 Å². The van der Waals surface area contributed by atoms with Crippen LogP contribution in [0, 0.1) is 0 Å². The highest BCUT2D eigenvalue weighted by Crippen LogP contribution is 2.32. The molecule has 0 bridgehead atoms. The molecule has 0 amide bonds. The maximum atomic E-state index is 12.1. The first-order chi connectivity index (χ1) is 9.74. The van der Waals surface area contributed by atoms with Crippen molar-refractivity contribution in [1.29, 1.82) is 0 Å². The first kappa shape index (κ1) is 15.6. The van der Waals surface area contributed by atoms with Gasteiger partial charge in [-0.15, -0.1) is 0 Å². The van der Waals surface area contributed by atoms with Crippen molar-refractivity contribution in [3.8, 4) is 5.75 Å². The summed E-state index contributed by atoms with van der Waals surface area (Å²) in [5.74, 6) is 0.417. The summed E-state index contributed by atoms with van der Waals surface area (Å²) >= 11 is 0. The Labute approximate surface area is 119 Å². The lowest BCUT2D eigenvalue weighted by Crippen LogP contribution is -2.20. The summed E-state index contributed by atoms with van der Waals surface area (Å²) in [6.45, 7) is -1.87. The maximum Gasteiger partial charge on any atom is 0.413 e. The van der Waals surface area contributed by atoms with Crippen LogP contribution in [0.15, 0.2) is 41.3 Å². The molecule has 2 aromatic carbocycles. The average molecular weight is 320 g/mol. The van der Waals surface area contributed by atoms with Crippen molar-refractivity contribution in [3.05, 3.63) is 36.4 Å². The number of ether oxygens (including phenoxy) is 1. The molecule has 114 valence electrons. The second-order valence-electron chi connectivity index (χ2n) is 4.14. The van der Waals surface area contributed by atoms with Crippen LogP contribution < -0.4 is 4.74 Å². The molecule has 0 atom stereocenters. The number of halogens is 3. The predicted molar refractivity (Wildman–Crippen MR) is 69.7 cm³/mol. The minimum Gasteiger partial charge on any atom is -0.496 e. The normalized spacial score (nSPS) is 12.6. The Kier molecular flexibility index (Phi) is 4.11. The van der Waals surface area contributed by atoms with Crippen LogP contribution in [-0.4, -0.2) is 28.3 Å². The molecule has 8 heteroatoms. The minimum atomic E-state index is -4.73. The van der Waals surface area contributed by atoms with Crippen LogP contribution >= 0.6 is 0 Å². The second-order valence-corrected chi connectivity index (χ2v) is 5.73. The summed E-state index contributed by atoms with van der Waals surface area (Å²) in [4.78, 5) is -0.330. The van der Waals surface area contributed by atoms with E-state index in [-0.39, 0.29) is 10.3 Å². The maximum absolute atomic E-state index is 12.1. The average Bonchev–Trinajstić information content (AvgIpc) is 2.43. The van der Waals surface area contributed by atoms with E-state index >= 15 is 0 Å². The molecule has 0 aliphatic rings. The van der Waals surface area contributed by atoms with Gasteiger partial charge in [-0.1, -0.05) is 24.3 Å². The number of hydrogen-bond donors (Lipinski definition) is 0. The molecule has 0 radical (unpaired) electrons. The lowest BCUT2D eigenvalue weighted by molar-refractivity contribution is -0.152. The van der Waals surface area contributed by atoms with Gasteiger partial charge in [0.25, 0.3) is 10.1 Å². The molecule has 0 aromatic heterocycles. The fraction of sp³-hybridized carbons (Fsp3) is 0.231. The summed E-state index contributed by atoms with van der Waals surface area (Å²) in [6.07, 6.45) is -4.73. The van der Waals surface area contributed by atoms with E-state index in [2.05, 4.69) is 4.18 Å². The number of alkyl halides is 3. The Morgan fingerprint density at radius 1 is 1.05 bits per heavy atom. The fourth-order valence-corrected chi connectivity index (χ4v) is 2.95. The monoisotopic (exact) mass is 320 g/mol. The van der Waals surface area contributed by atoms with E-state index in [1.165, 1.54) is 19.2 Å². The van der Waals surface area contributed by atoms with Crippen LogP contribution in [0.5, 0.6) is 5.75 Å². The Hall–Kier alpha value is -1.80. The molecule has 0 spiro atoms. The van der Waals surface area contributed by atoms with Crippen molar-refractivity contribution in [2.24, 2.45) is 0 Å². The molecule has 0 saturated carbocycles. The van der Waals surface area contributed by atoms with Gasteiger partial charge in [-0.3, -0.25) is 4.18 Å². The van der Waals surface area contributed by atoms with Crippen molar-refractivity contribution < 1.29 is 30.5 Å². The summed E-state index contributed by atoms with van der Waals surface area (Å²) < 4.78 is 69.4. The lowest BCUT2D eigenvalue weighted by Gasteiger charge is -2.12. The molecular weight excluding hydrogens is 309 g/mol. The Bertz CT molecular complexity index is 754. The zero-order valence-corrected chi connectivity index (χ0v) is 11.7. The summed E-state index contributed by atoms with van der Waals surface area (Å²) in [5, 5.41) is 0.704. The van der Waals surface area contributed by atoms with Crippen LogP contribution in [-0.2, 0) is 14.3 Å². The van der Waals surface area contributed by atoms with Crippen molar-refractivity contribution in [2.75, 3.05) is 13.7 Å². The number of hydrogen-bond acceptors (Lipinski definition) is 4. The van der Waals surface area contributed by atoms with Gasteiger partial charge in [0, 0.05) is 10.8 Å². The molecule has 0 heterocycles. The molecular formula is C13H11F3O4S. The van der Waals surface area contributed by atoms with Crippen LogP contribution in [0.4, 0.5) is 13.2 Å². The van der Waals surface area contributed by atoms with Crippen molar-refractivity contribution >= 4 is 20.9 Å². The Morgan fingerprint density at radius 2 is 1.67 bits per heavy atom. The van der Waals surface area contributed by atoms with Crippen LogP contribution in [0.25, 0.3) is 10.8 Å². The summed E-state index contributed by atoms with van der Waals surface area (Å²) in [7, 11) is -3.11. The fourth-order valence-electron chi connectivity index (χ4n) is 1.85. The van der Waals surface area contributed by atoms with E-state index in [9.17, 15) is 21.6 Å². The third kappa shape index (κ3) is 3.45. The standard InChI is InChI=1S/C13H11F3O4S/c1-19-11-6-7-12(10-5-3-2-4-9(10)11)21(17,18)20-8-13(14,15)16/h2-7H,8H2,1H3. The van der Waals surface area contributed by atoms with Gasteiger partial charge in [0.2, 0.25) is 0 Å². The molecule has 4 nitrogen and oxygen atoms in total. The van der Waals surface area contributed by atoms with E-state index in [1.54, 1.807) is 18.2 Å². The minimum absolute atomic E-state index is 0.235. The molecule has 0 fully saturated rings. The third-order valence-electron chi connectivity index (χ3n) is 2.71. The van der Waals surface area contributed by atoms with Crippen LogP contribution in [0.3, 0.4) is 0 Å². The van der Waals surface area contributed by atoms with E-state index in [0.29, 0.717) is 11.1 Å². The van der Waals surface area contributed by atoms with Gasteiger partial charge >= 0.3 is 6.18 Å². The Morgan fingerprint density at radius 3 is 2.24 bits per heavy atom. The zero-order valence-electron chi connectivity index (χ0n) is 10.8. The quantitative estimate of drug-likeness (QED) is 0.812. The molecule has 0 saturated heterocycles. The third-order valence-corrected chi connectivity index (χ3v) is 4.03. The number of rotatable bonds is 4. The van der Waals surface area contributed by atoms with Crippen molar-refractivity contribution in [3.63, 3.8) is 0 Å². The van der Waals surface area contributed by atoms with Gasteiger partial charge in [-0.2, -0.15) is 21.6 Å². The van der Waals surface area contributed by atoms with E-state index < -0.39 is 22.9 Å². The Balaban J connectivity index is 2.52. The zero-order chi connectivity index (χ0) is 15.7. The highest BCUT2D eigenvalue weighted by molar-refractivity contribution is 7.87. The molecule has 21 heavy (non-hydrogen) atoms. The van der Waals surface area contributed by atoms with Gasteiger partial charge < -0.3 is 4.74 Å². The van der Waals surface area contributed by atoms with Gasteiger partial charge in [0.15, 0.2) is 6.61 Å². The lowest BCUT2D eigenvalue weighted by atomic mass is 10.1. The van der Waals surface area contributed by atoms with Gasteiger partial charge in [-0.05, 0) is 12.1 Å². The number of methoxy groups -OCH3 is 1. The molecule has 0 aliphatic carbocycles. The highest BCUT2D eigenvalue weighted by Gasteiger charge is 2.32. The van der Waals surface area contributed by atoms with E-state index in [0.717, 1.165) is 6.07 Å². The van der Waals surface area contributed by atoms with Gasteiger partial charge in [-0.25, -0.2) is 0 Å². The van der Waals surface area contributed by atoms with E-state index in [4.69, 9.17) is 4.74 Å². The second kappa shape index (κ2) is 5.53. The number of fused-ring (bicyclic) bond motifs is 1. The molecule has 2 aromatic rings. The van der Waals surface area contributed by atoms with Crippen molar-refractivity contribution in [1.82, 2.24) is 0 Å². The van der Waals surface area contributed by atoms with Gasteiger partial charge in [0.05, 0.1) is 7.11 Å². The first-order valence-electron chi connectivity index (χ1n) is 5.76. The molecule has 0 unspecified atom stereocenters. The van der Waals surface area contributed by atoms with Crippen LogP contribution in [0.1, 0.15) is 0 Å². The SMILES string of the molecule is COc1ccc(S(=O)(=O)OCC(F)(F)F)c2ccccc12. The largest absolute Gasteiger partial charge is 0.496 e. The molecule has 0 aliphatic heterocycles. The van der Waals surface area contributed by atoms with Crippen molar-refractivity contribution in [2.45, 2.75) is 11.1 Å². The summed E-state index contributed by atoms with van der Waals surface area (Å²) in [5.41, 5.74) is 0. The number of benzene rings is 2. The van der Waals surface area contributed by atoms with Gasteiger partial charge in [0.1, 0.15) is 10.6 Å². The smallest absolute Gasteiger partial charge is 0.413 e. The first-order valence-corrected chi connectivity index (χ1v) is 7.17. The van der Waals surface area contributed by atoms with E-state index in [1.807, 2.05) is 0 Å². The topological polar surface area (TPSA) is 52.6 Å². The molecule has 0 N–H and O–H groups in total.